The molecule has 4 heteroatoms. The van der Waals surface area contributed by atoms with Crippen LogP contribution < -0.4 is 4.90 Å². The van der Waals surface area contributed by atoms with E-state index in [1.165, 1.54) is 18.2 Å². The number of aliphatic carboxylic acids is 1. The van der Waals surface area contributed by atoms with E-state index in [4.69, 9.17) is 5.11 Å². The predicted octanol–water partition coefficient (Wildman–Crippen LogP) is 3.41. The number of hydrogen-bond donors (Lipinski definition) is 1. The van der Waals surface area contributed by atoms with Crippen molar-refractivity contribution >= 4 is 17.7 Å². The van der Waals surface area contributed by atoms with Gasteiger partial charge >= 0.3 is 5.97 Å². The highest BCUT2D eigenvalue weighted by molar-refractivity contribution is 5.85. The number of nitrogens with zero attached hydrogens (tertiary/aromatic N) is 1. The first-order valence-electron chi connectivity index (χ1n) is 6.39. The van der Waals surface area contributed by atoms with Gasteiger partial charge in [-0.3, -0.25) is 0 Å². The van der Waals surface area contributed by atoms with Gasteiger partial charge in [-0.15, -0.1) is 0 Å². The van der Waals surface area contributed by atoms with Gasteiger partial charge in [-0.2, -0.15) is 0 Å². The van der Waals surface area contributed by atoms with Crippen LogP contribution in [0.15, 0.2) is 24.3 Å². The van der Waals surface area contributed by atoms with Crippen LogP contribution in [0.25, 0.3) is 6.08 Å². The van der Waals surface area contributed by atoms with Gasteiger partial charge in [-0.1, -0.05) is 13.8 Å². The summed E-state index contributed by atoms with van der Waals surface area (Å²) in [6, 6.07) is 4.60. The van der Waals surface area contributed by atoms with E-state index in [-0.39, 0.29) is 5.82 Å². The van der Waals surface area contributed by atoms with Crippen LogP contribution in [0.4, 0.5) is 10.1 Å². The number of carbonyl (C=O) groups is 1. The summed E-state index contributed by atoms with van der Waals surface area (Å²) in [5.74, 6) is -0.925. The maximum atomic E-state index is 13.6. The van der Waals surface area contributed by atoms with Crippen molar-refractivity contribution in [1.82, 2.24) is 0 Å². The first-order chi connectivity index (χ1) is 8.92. The molecule has 0 spiro atoms. The average molecular weight is 265 g/mol. The number of carboxylic acids is 1. The Labute approximate surface area is 113 Å². The Kier molecular flexibility index (Phi) is 5.55. The summed E-state index contributed by atoms with van der Waals surface area (Å²) >= 11 is 0. The average Bonchev–Trinajstić information content (AvgIpc) is 2.32. The molecule has 0 amide bonds. The molecule has 19 heavy (non-hydrogen) atoms. The van der Waals surface area contributed by atoms with Crippen LogP contribution in [0.5, 0.6) is 0 Å². The second kappa shape index (κ2) is 6.92. The van der Waals surface area contributed by atoms with Crippen LogP contribution in [0.3, 0.4) is 0 Å². The Morgan fingerprint density at radius 3 is 2.63 bits per heavy atom. The summed E-state index contributed by atoms with van der Waals surface area (Å²) in [4.78, 5) is 12.6. The van der Waals surface area contributed by atoms with Gasteiger partial charge in [0.25, 0.3) is 0 Å². The second-order valence-electron chi connectivity index (χ2n) is 4.85. The molecule has 1 N–H and O–H groups in total. The van der Waals surface area contributed by atoms with Gasteiger partial charge in [-0.25, -0.2) is 9.18 Å². The number of anilines is 1. The van der Waals surface area contributed by atoms with E-state index in [0.29, 0.717) is 11.5 Å². The minimum absolute atomic E-state index is 0.357. The van der Waals surface area contributed by atoms with Crippen LogP contribution in [0.2, 0.25) is 0 Å². The largest absolute Gasteiger partial charge is 0.478 e. The molecule has 0 radical (unpaired) electrons. The predicted molar refractivity (Wildman–Crippen MR) is 75.8 cm³/mol. The summed E-state index contributed by atoms with van der Waals surface area (Å²) in [6.45, 7) is 7.84. The molecule has 0 bridgehead atoms. The van der Waals surface area contributed by atoms with E-state index in [1.807, 2.05) is 6.92 Å². The van der Waals surface area contributed by atoms with Gasteiger partial charge in [0.05, 0.1) is 0 Å². The highest BCUT2D eigenvalue weighted by atomic mass is 19.1. The molecule has 1 aromatic rings. The normalized spacial score (nSPS) is 11.2. The van der Waals surface area contributed by atoms with E-state index >= 15 is 0 Å². The molecule has 3 nitrogen and oxygen atoms in total. The lowest BCUT2D eigenvalue weighted by atomic mass is 10.1. The Hall–Kier alpha value is -1.84. The topological polar surface area (TPSA) is 40.5 Å². The summed E-state index contributed by atoms with van der Waals surface area (Å²) in [6.07, 6.45) is 2.41. The molecule has 1 aromatic carbocycles. The lowest BCUT2D eigenvalue weighted by Gasteiger charge is -2.25. The third kappa shape index (κ3) is 5.12. The Morgan fingerprint density at radius 1 is 1.42 bits per heavy atom. The van der Waals surface area contributed by atoms with E-state index in [1.54, 1.807) is 6.07 Å². The monoisotopic (exact) mass is 265 g/mol. The summed E-state index contributed by atoms with van der Waals surface area (Å²) in [7, 11) is 0. The minimum Gasteiger partial charge on any atom is -0.478 e. The standard InChI is InChI=1S/C15H20FNO2/c1-4-17(10-11(2)3)14-8-12(5-6-15(18)19)7-13(16)9-14/h5-9,11H,4,10H2,1-3H3,(H,18,19)/b6-5+. The van der Waals surface area contributed by atoms with Crippen LogP contribution in [-0.4, -0.2) is 24.2 Å². The van der Waals surface area contributed by atoms with Crippen molar-refractivity contribution in [1.29, 1.82) is 0 Å². The van der Waals surface area contributed by atoms with Gasteiger partial charge in [-0.05, 0) is 42.7 Å². The second-order valence-corrected chi connectivity index (χ2v) is 4.85. The maximum absolute atomic E-state index is 13.6. The van der Waals surface area contributed by atoms with Crippen molar-refractivity contribution < 1.29 is 14.3 Å². The lowest BCUT2D eigenvalue weighted by molar-refractivity contribution is -0.131. The highest BCUT2D eigenvalue weighted by Crippen LogP contribution is 2.20. The quantitative estimate of drug-likeness (QED) is 0.801. The van der Waals surface area contributed by atoms with Gasteiger partial charge in [0.2, 0.25) is 0 Å². The molecular weight excluding hydrogens is 245 g/mol. The van der Waals surface area contributed by atoms with E-state index in [2.05, 4.69) is 18.7 Å². The Morgan fingerprint density at radius 2 is 2.11 bits per heavy atom. The smallest absolute Gasteiger partial charge is 0.328 e. The first-order valence-corrected chi connectivity index (χ1v) is 6.39. The van der Waals surface area contributed by atoms with Crippen molar-refractivity contribution in [2.75, 3.05) is 18.0 Å². The number of benzene rings is 1. The molecule has 0 aliphatic heterocycles. The van der Waals surface area contributed by atoms with Crippen molar-refractivity contribution in [3.8, 4) is 0 Å². The van der Waals surface area contributed by atoms with Crippen LogP contribution in [0.1, 0.15) is 26.3 Å². The van der Waals surface area contributed by atoms with Gasteiger partial charge < -0.3 is 10.0 Å². The van der Waals surface area contributed by atoms with Gasteiger partial charge in [0, 0.05) is 24.9 Å². The van der Waals surface area contributed by atoms with Crippen molar-refractivity contribution in [3.05, 3.63) is 35.7 Å². The molecular formula is C15H20FNO2. The zero-order valence-corrected chi connectivity index (χ0v) is 11.6. The number of carboxylic acid groups (broad SMARTS) is 1. The molecule has 104 valence electrons. The summed E-state index contributed by atoms with van der Waals surface area (Å²) in [5, 5.41) is 8.60. The Bertz CT molecular complexity index is 469. The molecule has 0 fully saturated rings. The van der Waals surface area contributed by atoms with Crippen LogP contribution in [0, 0.1) is 11.7 Å². The van der Waals surface area contributed by atoms with Crippen molar-refractivity contribution in [2.24, 2.45) is 5.92 Å². The van der Waals surface area contributed by atoms with Crippen molar-refractivity contribution in [3.63, 3.8) is 0 Å². The van der Waals surface area contributed by atoms with E-state index < -0.39 is 5.97 Å². The van der Waals surface area contributed by atoms with Crippen LogP contribution in [-0.2, 0) is 4.79 Å². The molecule has 0 saturated carbocycles. The third-order valence-corrected chi connectivity index (χ3v) is 2.66. The lowest BCUT2D eigenvalue weighted by Crippen LogP contribution is -2.27. The molecule has 0 aliphatic rings. The number of hydrogen-bond acceptors (Lipinski definition) is 2. The van der Waals surface area contributed by atoms with E-state index in [0.717, 1.165) is 24.9 Å². The third-order valence-electron chi connectivity index (χ3n) is 2.66. The molecule has 0 unspecified atom stereocenters. The zero-order chi connectivity index (χ0) is 14.4. The first kappa shape index (κ1) is 15.2. The molecule has 0 aliphatic carbocycles. The summed E-state index contributed by atoms with van der Waals surface area (Å²) < 4.78 is 13.6. The fourth-order valence-corrected chi connectivity index (χ4v) is 1.90. The minimum atomic E-state index is -1.04. The molecule has 0 aromatic heterocycles. The summed E-state index contributed by atoms with van der Waals surface area (Å²) in [5.41, 5.74) is 1.33. The fraction of sp³-hybridized carbons (Fsp3) is 0.400. The highest BCUT2D eigenvalue weighted by Gasteiger charge is 2.08. The van der Waals surface area contributed by atoms with Crippen LogP contribution >= 0.6 is 0 Å². The molecule has 0 saturated heterocycles. The number of halogens is 1. The van der Waals surface area contributed by atoms with Gasteiger partial charge in [0.15, 0.2) is 0 Å². The Balaban J connectivity index is 3.03. The fourth-order valence-electron chi connectivity index (χ4n) is 1.90. The zero-order valence-electron chi connectivity index (χ0n) is 11.6. The number of rotatable bonds is 6. The SMILES string of the molecule is CCN(CC(C)C)c1cc(F)cc(/C=C/C(=O)O)c1. The molecule has 0 heterocycles. The molecule has 0 atom stereocenters. The van der Waals surface area contributed by atoms with Crippen molar-refractivity contribution in [2.45, 2.75) is 20.8 Å². The molecule has 1 rings (SSSR count). The maximum Gasteiger partial charge on any atom is 0.328 e. The van der Waals surface area contributed by atoms with E-state index in [9.17, 15) is 9.18 Å². The van der Waals surface area contributed by atoms with Gasteiger partial charge in [0.1, 0.15) is 5.82 Å².